The molecule has 1 aromatic carbocycles. The molecule has 0 unspecified atom stereocenters. The van der Waals surface area contributed by atoms with E-state index in [1.54, 1.807) is 6.07 Å². The van der Waals surface area contributed by atoms with Gasteiger partial charge in [0.05, 0.1) is 17.6 Å². The first-order valence-corrected chi connectivity index (χ1v) is 17.5. The fraction of sp³-hybridized carbons (Fsp3) is 0.517. The second kappa shape index (κ2) is 13.2. The summed E-state index contributed by atoms with van der Waals surface area (Å²) in [6.45, 7) is 7.33. The average molecular weight is 723 g/mol. The van der Waals surface area contributed by atoms with Gasteiger partial charge < -0.3 is 36.8 Å². The number of anilines is 1. The Morgan fingerprint density at radius 1 is 1.33 bits per heavy atom. The first-order valence-electron chi connectivity index (χ1n) is 15.2. The number of hydrogen-bond acceptors (Lipinski definition) is 15. The number of fused-ring (bicyclic) bond motifs is 1. The number of hydroxylamine groups is 2. The van der Waals surface area contributed by atoms with E-state index < -0.39 is 57.2 Å². The molecule has 0 aliphatic carbocycles. The molecule has 3 aliphatic heterocycles. The molecule has 266 valence electrons. The lowest BCUT2D eigenvalue weighted by Gasteiger charge is -2.50. The number of amidine groups is 1. The molecule has 2 amide bonds. The topological polar surface area (TPSA) is 270 Å². The number of carbonyl (C=O) groups excluding carboxylic acids is 2. The molecule has 20 heteroatoms. The van der Waals surface area contributed by atoms with Crippen LogP contribution >= 0.6 is 11.3 Å². The molecular weight excluding hydrogens is 684 g/mol. The fourth-order valence-electron chi connectivity index (χ4n) is 5.74. The third-order valence-electron chi connectivity index (χ3n) is 8.68. The van der Waals surface area contributed by atoms with E-state index in [1.807, 2.05) is 12.1 Å². The number of carboxylic acids is 1. The number of carboxylic acid groups (broad SMARTS) is 1. The lowest BCUT2D eigenvalue weighted by Crippen LogP contribution is -2.76. The Balaban J connectivity index is 1.34. The van der Waals surface area contributed by atoms with Gasteiger partial charge in [0.1, 0.15) is 23.3 Å². The normalized spacial score (nSPS) is 24.4. The van der Waals surface area contributed by atoms with Gasteiger partial charge in [-0.2, -0.15) is 13.5 Å². The summed E-state index contributed by atoms with van der Waals surface area (Å²) in [6, 6.07) is 4.19. The van der Waals surface area contributed by atoms with Crippen molar-refractivity contribution in [3.63, 3.8) is 0 Å². The van der Waals surface area contributed by atoms with Gasteiger partial charge in [-0.3, -0.25) is 19.1 Å². The SMILES string of the molecule is CC1(C)[C@H](NC(=O)/C(=N\O[C@](C)(C(=O)O)[C@H]2CCc3cc(C4=NC[C@](C)(CCCN)N4)ccc3O2)c2csc(N)n2)C(=O)N1OS(=O)(=O)O. The second-order valence-electron chi connectivity index (χ2n) is 12.9. The van der Waals surface area contributed by atoms with Crippen LogP contribution in [0.25, 0.3) is 0 Å². The van der Waals surface area contributed by atoms with Crippen LogP contribution < -0.4 is 26.8 Å². The van der Waals surface area contributed by atoms with Crippen LogP contribution in [0.4, 0.5) is 5.13 Å². The number of β-lactam (4-membered cyclic amide) rings is 1. The minimum absolute atomic E-state index is 0.0646. The first-order chi connectivity index (χ1) is 22.9. The maximum absolute atomic E-state index is 13.5. The third kappa shape index (κ3) is 7.32. The molecule has 1 fully saturated rings. The highest BCUT2D eigenvalue weighted by Gasteiger charge is 2.58. The van der Waals surface area contributed by atoms with E-state index in [4.69, 9.17) is 25.6 Å². The average Bonchev–Trinajstić information content (AvgIpc) is 3.65. The van der Waals surface area contributed by atoms with Crippen LogP contribution in [0, 0.1) is 0 Å². The molecule has 8 N–H and O–H groups in total. The van der Waals surface area contributed by atoms with Crippen LogP contribution in [0.3, 0.4) is 0 Å². The Labute approximate surface area is 285 Å². The first kappa shape index (κ1) is 35.9. The minimum atomic E-state index is -5.03. The van der Waals surface area contributed by atoms with E-state index in [9.17, 15) is 27.9 Å². The number of nitrogen functional groups attached to an aromatic ring is 1. The van der Waals surface area contributed by atoms with Crippen molar-refractivity contribution in [1.82, 2.24) is 20.7 Å². The molecule has 4 heterocycles. The summed E-state index contributed by atoms with van der Waals surface area (Å²) in [7, 11) is -5.03. The summed E-state index contributed by atoms with van der Waals surface area (Å²) in [5.74, 6) is -2.21. The molecule has 49 heavy (non-hydrogen) atoms. The summed E-state index contributed by atoms with van der Waals surface area (Å²) in [5.41, 5.74) is 8.87. The number of nitrogens with zero attached hydrogens (tertiary/aromatic N) is 4. The Morgan fingerprint density at radius 2 is 2.06 bits per heavy atom. The largest absolute Gasteiger partial charge is 0.485 e. The van der Waals surface area contributed by atoms with Crippen LogP contribution in [0.2, 0.25) is 0 Å². The lowest BCUT2D eigenvalue weighted by molar-refractivity contribution is -0.218. The second-order valence-corrected chi connectivity index (χ2v) is 14.8. The Kier molecular flexibility index (Phi) is 9.65. The van der Waals surface area contributed by atoms with Gasteiger partial charge in [0.2, 0.25) is 0 Å². The Bertz CT molecular complexity index is 1830. The number of oxime groups is 1. The number of aliphatic imine (C=N–C) groups is 1. The smallest absolute Gasteiger partial charge is 0.418 e. The third-order valence-corrected chi connectivity index (χ3v) is 9.70. The van der Waals surface area contributed by atoms with E-state index in [-0.39, 0.29) is 22.8 Å². The van der Waals surface area contributed by atoms with Gasteiger partial charge in [-0.05, 0) is 83.7 Å². The van der Waals surface area contributed by atoms with Gasteiger partial charge in [0.25, 0.3) is 17.4 Å². The zero-order chi connectivity index (χ0) is 35.9. The fourth-order valence-corrected chi connectivity index (χ4v) is 6.74. The Hall–Kier alpha value is -4.37. The number of benzene rings is 1. The molecule has 4 atom stereocenters. The lowest BCUT2D eigenvalue weighted by atomic mass is 9.84. The van der Waals surface area contributed by atoms with Crippen LogP contribution in [0.5, 0.6) is 5.75 Å². The summed E-state index contributed by atoms with van der Waals surface area (Å²) < 4.78 is 41.8. The van der Waals surface area contributed by atoms with Crippen molar-refractivity contribution in [2.75, 3.05) is 18.8 Å². The van der Waals surface area contributed by atoms with Crippen molar-refractivity contribution < 1.29 is 46.3 Å². The van der Waals surface area contributed by atoms with E-state index in [1.165, 1.54) is 26.2 Å². The zero-order valence-corrected chi connectivity index (χ0v) is 28.8. The number of nitrogens with one attached hydrogen (secondary N) is 2. The quantitative estimate of drug-likeness (QED) is 0.0706. The summed E-state index contributed by atoms with van der Waals surface area (Å²) in [6.07, 6.45) is 1.37. The van der Waals surface area contributed by atoms with Crippen molar-refractivity contribution >= 4 is 56.2 Å². The van der Waals surface area contributed by atoms with Crippen molar-refractivity contribution in [2.24, 2.45) is 15.9 Å². The van der Waals surface area contributed by atoms with Gasteiger partial charge in [-0.25, -0.2) is 9.78 Å². The Morgan fingerprint density at radius 3 is 2.67 bits per heavy atom. The number of thiazole rings is 1. The molecule has 3 aliphatic rings. The number of hydrogen-bond donors (Lipinski definition) is 6. The zero-order valence-electron chi connectivity index (χ0n) is 27.1. The molecule has 5 rings (SSSR count). The van der Waals surface area contributed by atoms with E-state index in [2.05, 4.69) is 37.0 Å². The molecule has 0 saturated carbocycles. The van der Waals surface area contributed by atoms with Crippen molar-refractivity contribution in [3.05, 3.63) is 40.4 Å². The number of rotatable bonds is 13. The predicted molar refractivity (Wildman–Crippen MR) is 176 cm³/mol. The highest BCUT2D eigenvalue weighted by molar-refractivity contribution is 7.80. The van der Waals surface area contributed by atoms with Crippen molar-refractivity contribution in [1.29, 1.82) is 0 Å². The molecular formula is C29H38N8O10S2. The molecule has 0 radical (unpaired) electrons. The van der Waals surface area contributed by atoms with Crippen molar-refractivity contribution in [3.8, 4) is 5.75 Å². The molecule has 0 spiro atoms. The van der Waals surface area contributed by atoms with Crippen LogP contribution in [-0.4, -0.2) is 99.4 Å². The summed E-state index contributed by atoms with van der Waals surface area (Å²) in [5, 5.41) is 21.9. The van der Waals surface area contributed by atoms with Gasteiger partial charge in [0, 0.05) is 10.9 Å². The standard InChI is InChI=1S/C29H38N8O10S2/c1-27(2)21(24(39)37(27)47-49(42,43)44)34-23(38)20(17-13-48-26(31)33-17)36-46-29(4,25(40)41)19-9-7-15-12-16(6-8-18(15)45-19)22-32-14-28(3,35-22)10-5-11-30/h6,8,12-13,19,21H,5,7,9-11,14,30H2,1-4H3,(H2,31,33)(H,32,35)(H,34,38)(H,40,41)(H,42,43,44)/b36-20-/t19-,21-,28+,29+/m1/s1. The van der Waals surface area contributed by atoms with Gasteiger partial charge >= 0.3 is 16.4 Å². The van der Waals surface area contributed by atoms with Crippen LogP contribution in [0.1, 0.15) is 63.8 Å². The number of aliphatic carboxylic acids is 1. The highest BCUT2D eigenvalue weighted by atomic mass is 32.3. The van der Waals surface area contributed by atoms with E-state index in [0.717, 1.165) is 41.1 Å². The van der Waals surface area contributed by atoms with Crippen molar-refractivity contribution in [2.45, 2.75) is 82.2 Å². The van der Waals surface area contributed by atoms with Gasteiger partial charge in [-0.15, -0.1) is 15.6 Å². The maximum atomic E-state index is 13.5. The summed E-state index contributed by atoms with van der Waals surface area (Å²) >= 11 is 0.971. The monoisotopic (exact) mass is 722 g/mol. The number of aryl methyl sites for hydroxylation is 1. The summed E-state index contributed by atoms with van der Waals surface area (Å²) in [4.78, 5) is 53.1. The van der Waals surface area contributed by atoms with Crippen LogP contribution in [-0.2, 0) is 40.3 Å². The number of carbonyl (C=O) groups is 3. The minimum Gasteiger partial charge on any atom is -0.485 e. The number of nitrogens with two attached hydrogens (primary N) is 2. The van der Waals surface area contributed by atoms with Gasteiger partial charge in [-0.1, -0.05) is 5.16 Å². The van der Waals surface area contributed by atoms with E-state index in [0.29, 0.717) is 30.3 Å². The number of ether oxygens (including phenoxy) is 1. The molecule has 1 aromatic heterocycles. The highest BCUT2D eigenvalue weighted by Crippen LogP contribution is 2.36. The molecule has 2 aromatic rings. The van der Waals surface area contributed by atoms with E-state index >= 15 is 0 Å². The van der Waals surface area contributed by atoms with Crippen LogP contribution in [0.15, 0.2) is 33.7 Å². The number of amides is 2. The maximum Gasteiger partial charge on any atom is 0.418 e. The molecule has 18 nitrogen and oxygen atoms in total. The predicted octanol–water partition coefficient (Wildman–Crippen LogP) is 0.371. The van der Waals surface area contributed by atoms with Gasteiger partial charge in [0.15, 0.2) is 16.9 Å². The molecule has 1 saturated heterocycles. The number of aromatic nitrogens is 1. The molecule has 0 bridgehead atoms.